The van der Waals surface area contributed by atoms with Crippen LogP contribution >= 0.6 is 11.8 Å². The van der Waals surface area contributed by atoms with Gasteiger partial charge < -0.3 is 15.6 Å². The third kappa shape index (κ3) is 6.31. The average molecular weight is 397 g/mol. The zero-order valence-electron chi connectivity index (χ0n) is 15.0. The van der Waals surface area contributed by atoms with Gasteiger partial charge in [0.15, 0.2) is 5.16 Å². The number of nitrogens with two attached hydrogens (primary N) is 1. The summed E-state index contributed by atoms with van der Waals surface area (Å²) in [5.41, 5.74) is 4.96. The minimum Gasteiger partial charge on any atom is -0.370 e. The highest BCUT2D eigenvalue weighted by Crippen LogP contribution is 2.21. The lowest BCUT2D eigenvalue weighted by atomic mass is 10.2. The van der Waals surface area contributed by atoms with Gasteiger partial charge >= 0.3 is 0 Å². The molecule has 3 N–H and O–H groups in total. The number of thioether (sulfide) groups is 1. The molecule has 2 amide bonds. The number of anilines is 1. The molecule has 1 heterocycles. The first-order valence-corrected chi connectivity index (χ1v) is 9.33. The second-order valence-corrected chi connectivity index (χ2v) is 7.27. The van der Waals surface area contributed by atoms with Crippen LogP contribution in [0.1, 0.15) is 26.1 Å². The molecule has 0 unspecified atom stereocenters. The number of hydrogen-bond donors (Lipinski definition) is 2. The number of nitrogens with one attached hydrogen (secondary N) is 1. The predicted molar refractivity (Wildman–Crippen MR) is 98.1 cm³/mol. The summed E-state index contributed by atoms with van der Waals surface area (Å²) in [5.74, 6) is -1.43. The molecule has 10 heteroatoms. The van der Waals surface area contributed by atoms with Crippen molar-refractivity contribution in [3.8, 4) is 0 Å². The number of carbonyl (C=O) groups excluding carboxylic acids is 2. The maximum Gasteiger partial charge on any atom is 0.234 e. The molecule has 0 atom stereocenters. The maximum absolute atomic E-state index is 13.6. The van der Waals surface area contributed by atoms with E-state index in [0.717, 1.165) is 30.0 Å². The topological polar surface area (TPSA) is 103 Å². The lowest BCUT2D eigenvalue weighted by molar-refractivity contribution is -0.118. The fourth-order valence-electron chi connectivity index (χ4n) is 2.30. The van der Waals surface area contributed by atoms with Gasteiger partial charge in [-0.15, -0.1) is 10.2 Å². The van der Waals surface area contributed by atoms with Crippen molar-refractivity contribution in [1.82, 2.24) is 14.8 Å². The number of halogens is 2. The second-order valence-electron chi connectivity index (χ2n) is 6.33. The van der Waals surface area contributed by atoms with Gasteiger partial charge in [-0.2, -0.15) is 0 Å². The third-order valence-corrected chi connectivity index (χ3v) is 4.44. The van der Waals surface area contributed by atoms with Crippen molar-refractivity contribution in [2.75, 3.05) is 11.1 Å². The van der Waals surface area contributed by atoms with Crippen molar-refractivity contribution in [3.05, 3.63) is 35.7 Å². The van der Waals surface area contributed by atoms with Crippen LogP contribution in [0.25, 0.3) is 0 Å². The largest absolute Gasteiger partial charge is 0.370 e. The van der Waals surface area contributed by atoms with Gasteiger partial charge in [-0.05, 0) is 18.1 Å². The number of aromatic nitrogens is 3. The molecule has 0 spiro atoms. The predicted octanol–water partition coefficient (Wildman–Crippen LogP) is 2.36. The summed E-state index contributed by atoms with van der Waals surface area (Å²) in [6.45, 7) is 4.65. The van der Waals surface area contributed by atoms with E-state index in [1.54, 1.807) is 0 Å². The number of amides is 2. The van der Waals surface area contributed by atoms with E-state index in [2.05, 4.69) is 15.5 Å². The van der Waals surface area contributed by atoms with Gasteiger partial charge in [0.05, 0.1) is 11.4 Å². The van der Waals surface area contributed by atoms with Crippen molar-refractivity contribution < 1.29 is 18.4 Å². The van der Waals surface area contributed by atoms with Gasteiger partial charge in [0.1, 0.15) is 17.5 Å². The van der Waals surface area contributed by atoms with Gasteiger partial charge in [0.2, 0.25) is 11.8 Å². The lowest BCUT2D eigenvalue weighted by Crippen LogP contribution is -2.17. The zero-order valence-corrected chi connectivity index (χ0v) is 15.9. The van der Waals surface area contributed by atoms with Crippen molar-refractivity contribution in [2.45, 2.75) is 38.4 Å². The summed E-state index contributed by atoms with van der Waals surface area (Å²) >= 11 is 1.13. The zero-order chi connectivity index (χ0) is 20.0. The third-order valence-electron chi connectivity index (χ3n) is 3.47. The van der Waals surface area contributed by atoms with Gasteiger partial charge in [0.25, 0.3) is 0 Å². The summed E-state index contributed by atoms with van der Waals surface area (Å²) in [7, 11) is 0. The molecule has 7 nitrogen and oxygen atoms in total. The highest BCUT2D eigenvalue weighted by molar-refractivity contribution is 7.99. The highest BCUT2D eigenvalue weighted by atomic mass is 32.2. The molecule has 0 bridgehead atoms. The van der Waals surface area contributed by atoms with Crippen molar-refractivity contribution in [2.24, 2.45) is 11.7 Å². The Labute approximate surface area is 159 Å². The van der Waals surface area contributed by atoms with E-state index in [9.17, 15) is 18.4 Å². The molecule has 0 saturated heterocycles. The second kappa shape index (κ2) is 9.45. The molecular formula is C17H21F2N5O2S. The monoisotopic (exact) mass is 397 g/mol. The highest BCUT2D eigenvalue weighted by Gasteiger charge is 2.16. The average Bonchev–Trinajstić information content (AvgIpc) is 2.95. The molecule has 0 fully saturated rings. The number of benzene rings is 1. The summed E-state index contributed by atoms with van der Waals surface area (Å²) in [6, 6.07) is 2.84. The van der Waals surface area contributed by atoms with Crippen LogP contribution in [0.15, 0.2) is 23.4 Å². The SMILES string of the molecule is CC(C)Cn1c(CCC(N)=O)nnc1SCC(=O)Nc1cc(F)ccc1F. The van der Waals surface area contributed by atoms with E-state index in [-0.39, 0.29) is 17.9 Å². The van der Waals surface area contributed by atoms with E-state index in [4.69, 9.17) is 5.73 Å². The molecule has 27 heavy (non-hydrogen) atoms. The van der Waals surface area contributed by atoms with E-state index < -0.39 is 23.4 Å². The molecule has 0 aliphatic rings. The van der Waals surface area contributed by atoms with Gasteiger partial charge in [-0.3, -0.25) is 9.59 Å². The Balaban J connectivity index is 2.04. The number of carbonyl (C=O) groups is 2. The normalized spacial score (nSPS) is 11.0. The van der Waals surface area contributed by atoms with Crippen LogP contribution in [0.5, 0.6) is 0 Å². The van der Waals surface area contributed by atoms with Crippen LogP contribution < -0.4 is 11.1 Å². The number of nitrogens with zero attached hydrogens (tertiary/aromatic N) is 3. The van der Waals surface area contributed by atoms with Crippen LogP contribution in [0.2, 0.25) is 0 Å². The molecule has 0 saturated carbocycles. The Morgan fingerprint density at radius 2 is 2.04 bits per heavy atom. The molecule has 0 aliphatic carbocycles. The molecule has 2 rings (SSSR count). The van der Waals surface area contributed by atoms with Gasteiger partial charge in [-0.25, -0.2) is 8.78 Å². The van der Waals surface area contributed by atoms with E-state index in [1.807, 2.05) is 18.4 Å². The Kier molecular flexibility index (Phi) is 7.28. The van der Waals surface area contributed by atoms with Crippen molar-refractivity contribution in [1.29, 1.82) is 0 Å². The Morgan fingerprint density at radius 1 is 1.30 bits per heavy atom. The van der Waals surface area contributed by atoms with Crippen LogP contribution in [0, 0.1) is 17.6 Å². The Morgan fingerprint density at radius 3 is 2.70 bits per heavy atom. The van der Waals surface area contributed by atoms with Crippen LogP contribution in [0.4, 0.5) is 14.5 Å². The van der Waals surface area contributed by atoms with Crippen molar-refractivity contribution in [3.63, 3.8) is 0 Å². The summed E-state index contributed by atoms with van der Waals surface area (Å²) in [6.07, 6.45) is 0.510. The van der Waals surface area contributed by atoms with Crippen LogP contribution in [-0.4, -0.2) is 32.3 Å². The first-order chi connectivity index (χ1) is 12.8. The quantitative estimate of drug-likeness (QED) is 0.633. The Bertz CT molecular complexity index is 826. The number of hydrogen-bond acceptors (Lipinski definition) is 5. The molecule has 1 aromatic carbocycles. The molecule has 0 radical (unpaired) electrons. The molecule has 0 aliphatic heterocycles. The minimum absolute atomic E-state index is 0.0536. The lowest BCUT2D eigenvalue weighted by Gasteiger charge is -2.12. The van der Waals surface area contributed by atoms with Gasteiger partial charge in [0, 0.05) is 25.5 Å². The summed E-state index contributed by atoms with van der Waals surface area (Å²) in [4.78, 5) is 23.1. The smallest absolute Gasteiger partial charge is 0.234 e. The van der Waals surface area contributed by atoms with E-state index in [1.165, 1.54) is 0 Å². The first kappa shape index (κ1) is 20.8. The molecule has 2 aromatic rings. The van der Waals surface area contributed by atoms with Crippen LogP contribution in [-0.2, 0) is 22.6 Å². The molecular weight excluding hydrogens is 376 g/mol. The fraction of sp³-hybridized carbons (Fsp3) is 0.412. The number of primary amides is 1. The molecule has 1 aromatic heterocycles. The van der Waals surface area contributed by atoms with E-state index in [0.29, 0.717) is 29.9 Å². The standard InChI is InChI=1S/C17H21F2N5O2S/c1-10(2)8-24-15(6-5-14(20)25)22-23-17(24)27-9-16(26)21-13-7-11(18)3-4-12(13)19/h3-4,7,10H,5-6,8-9H2,1-2H3,(H2,20,25)(H,21,26). The summed E-state index contributed by atoms with van der Waals surface area (Å²) < 4.78 is 28.6. The van der Waals surface area contributed by atoms with Gasteiger partial charge in [-0.1, -0.05) is 25.6 Å². The molecule has 146 valence electrons. The van der Waals surface area contributed by atoms with Crippen molar-refractivity contribution >= 4 is 29.3 Å². The van der Waals surface area contributed by atoms with Crippen LogP contribution in [0.3, 0.4) is 0 Å². The summed E-state index contributed by atoms with van der Waals surface area (Å²) in [5, 5.41) is 11.0. The minimum atomic E-state index is -0.716. The first-order valence-electron chi connectivity index (χ1n) is 8.34. The maximum atomic E-state index is 13.6. The number of rotatable bonds is 9. The number of aryl methyl sites for hydroxylation is 1. The Hall–Kier alpha value is -2.49. The fourth-order valence-corrected chi connectivity index (χ4v) is 3.07. The van der Waals surface area contributed by atoms with E-state index >= 15 is 0 Å².